The number of para-hydroxylation sites is 1. The van der Waals surface area contributed by atoms with E-state index in [0.717, 1.165) is 4.90 Å². The average molecular weight is 987 g/mol. The maximum absolute atomic E-state index is 13.7. The number of nitrogens with two attached hydrogens (primary N) is 1. The van der Waals surface area contributed by atoms with Crippen LogP contribution in [-0.2, 0) is 23.8 Å². The van der Waals surface area contributed by atoms with Crippen LogP contribution in [0.1, 0.15) is 61.2 Å². The lowest BCUT2D eigenvalue weighted by Gasteiger charge is -2.27. The Labute approximate surface area is 410 Å². The van der Waals surface area contributed by atoms with Crippen LogP contribution in [-0.4, -0.2) is 106 Å². The highest BCUT2D eigenvalue weighted by molar-refractivity contribution is 6.33. The van der Waals surface area contributed by atoms with Gasteiger partial charge in [-0.15, -0.1) is 0 Å². The lowest BCUT2D eigenvalue weighted by Crippen LogP contribution is -2.54. The first-order valence-corrected chi connectivity index (χ1v) is 23.0. The maximum Gasteiger partial charge on any atom is 0.266 e. The summed E-state index contributed by atoms with van der Waals surface area (Å²) >= 11 is 6.69. The molecule has 1 aromatic heterocycles. The molecule has 0 saturated carbocycles. The van der Waals surface area contributed by atoms with Gasteiger partial charge in [-0.2, -0.15) is 0 Å². The van der Waals surface area contributed by atoms with Gasteiger partial charge in [0.15, 0.2) is 5.43 Å². The largest absolute Gasteiger partial charge is 0.493 e. The minimum Gasteiger partial charge on any atom is -0.493 e. The molecule has 1 unspecified atom stereocenters. The van der Waals surface area contributed by atoms with Crippen LogP contribution < -0.4 is 36.0 Å². The van der Waals surface area contributed by atoms with Crippen LogP contribution in [0.2, 0.25) is 5.02 Å². The number of carbonyl (C=O) groups is 6. The second-order valence-electron chi connectivity index (χ2n) is 16.0. The van der Waals surface area contributed by atoms with Crippen molar-refractivity contribution in [1.82, 2.24) is 10.2 Å². The first-order chi connectivity index (χ1) is 34.4. The number of halogens is 1. The molecule has 2 aliphatic heterocycles. The van der Waals surface area contributed by atoms with Gasteiger partial charge in [0.05, 0.1) is 67.8 Å². The van der Waals surface area contributed by atoms with Crippen molar-refractivity contribution in [3.05, 3.63) is 141 Å². The van der Waals surface area contributed by atoms with E-state index in [9.17, 15) is 33.6 Å². The summed E-state index contributed by atoms with van der Waals surface area (Å²) in [7, 11) is 0. The summed E-state index contributed by atoms with van der Waals surface area (Å²) in [5.41, 5.74) is 7.86. The molecule has 0 bridgehead atoms. The zero-order valence-electron chi connectivity index (χ0n) is 38.3. The number of nitrogens with zero attached hydrogens (tertiary/aromatic N) is 1. The number of nitrogens with one attached hydrogen (secondary N) is 2. The fourth-order valence-electron chi connectivity index (χ4n) is 7.96. The summed E-state index contributed by atoms with van der Waals surface area (Å²) in [5, 5.41) is 5.48. The quantitative estimate of drug-likeness (QED) is 0.0490. The van der Waals surface area contributed by atoms with E-state index in [0.29, 0.717) is 47.1 Å². The van der Waals surface area contributed by atoms with Crippen molar-refractivity contribution in [3.63, 3.8) is 0 Å². The van der Waals surface area contributed by atoms with Crippen molar-refractivity contribution in [1.29, 1.82) is 0 Å². The average Bonchev–Trinajstić information content (AvgIpc) is 3.61. The minimum atomic E-state index is -1.07. The number of imide groups is 2. The van der Waals surface area contributed by atoms with Gasteiger partial charge in [0.25, 0.3) is 17.7 Å². The van der Waals surface area contributed by atoms with E-state index in [1.165, 1.54) is 24.3 Å². The third kappa shape index (κ3) is 11.6. The molecule has 1 atom stereocenters. The number of hydrogen-bond donors (Lipinski definition) is 3. The van der Waals surface area contributed by atoms with Gasteiger partial charge in [-0.25, -0.2) is 0 Å². The van der Waals surface area contributed by atoms with E-state index < -0.39 is 41.5 Å². The number of carbonyl (C=O) groups excluding carboxylic acids is 6. The number of piperidine rings is 1. The summed E-state index contributed by atoms with van der Waals surface area (Å²) < 4.78 is 40.6. The van der Waals surface area contributed by atoms with E-state index in [1.54, 1.807) is 79.7 Å². The normalized spacial score (nSPS) is 14.3. The second-order valence-corrected chi connectivity index (χ2v) is 16.4. The van der Waals surface area contributed by atoms with Crippen LogP contribution in [0.25, 0.3) is 33.4 Å². The number of fused-ring (bicyclic) bond motifs is 2. The number of hydrogen-bond acceptors (Lipinski definition) is 14. The van der Waals surface area contributed by atoms with Gasteiger partial charge in [-0.3, -0.25) is 43.8 Å². The molecule has 6 aromatic rings. The highest BCUT2D eigenvalue weighted by Crippen LogP contribution is 2.38. The summed E-state index contributed by atoms with van der Waals surface area (Å²) in [6.07, 6.45) is 0.0819. The Hall–Kier alpha value is -7.90. The standard InChI is InChI=1S/C52H47ClN4O14/c1-2-68-43-29-45-38(27-37(43)30-23-31(48(54)60)25-32(24-30)49(61)55-33-7-4-3-5-8-33)41(58)28-44(71-45)35-12-11-34(26-39(35)53)69-21-19-66-17-15-65-16-18-67-20-22-70-42-10-6-9-36-47(42)52(64)57(51(36)63)40-13-14-46(59)56-50(40)62/h3-12,23-29,40H,2,13-22H2,1H3,(H2,54,60)(H,55,61)(H,56,59,62). The number of ether oxygens (including phenoxy) is 6. The fourth-order valence-corrected chi connectivity index (χ4v) is 8.22. The van der Waals surface area contributed by atoms with Crippen molar-refractivity contribution in [3.8, 4) is 39.7 Å². The van der Waals surface area contributed by atoms with Crippen molar-refractivity contribution in [2.45, 2.75) is 25.8 Å². The molecule has 5 aromatic carbocycles. The number of primary amides is 1. The Kier molecular flexibility index (Phi) is 15.8. The van der Waals surface area contributed by atoms with E-state index in [4.69, 9.17) is 50.2 Å². The molecule has 1 saturated heterocycles. The first-order valence-electron chi connectivity index (χ1n) is 22.6. The molecule has 71 heavy (non-hydrogen) atoms. The lowest BCUT2D eigenvalue weighted by atomic mass is 9.96. The third-order valence-corrected chi connectivity index (χ3v) is 11.6. The highest BCUT2D eigenvalue weighted by atomic mass is 35.5. The Morgan fingerprint density at radius 2 is 1.42 bits per heavy atom. The lowest BCUT2D eigenvalue weighted by molar-refractivity contribution is -0.136. The monoisotopic (exact) mass is 986 g/mol. The number of benzene rings is 5. The van der Waals surface area contributed by atoms with Gasteiger partial charge in [0, 0.05) is 46.5 Å². The summed E-state index contributed by atoms with van der Waals surface area (Å²) in [6, 6.07) is 26.4. The van der Waals surface area contributed by atoms with E-state index in [-0.39, 0.29) is 114 Å². The second kappa shape index (κ2) is 22.7. The predicted octanol–water partition coefficient (Wildman–Crippen LogP) is 6.44. The van der Waals surface area contributed by atoms with Crippen molar-refractivity contribution in [2.24, 2.45) is 5.73 Å². The van der Waals surface area contributed by atoms with Gasteiger partial charge >= 0.3 is 0 Å². The molecule has 366 valence electrons. The SMILES string of the molecule is CCOc1cc2oc(-c3ccc(OCCOCCOCCOCCOc4cccc5c4C(=O)N(C4CCC(=O)NC4=O)C5=O)cc3Cl)cc(=O)c2cc1-c1cc(C(N)=O)cc(C(=O)Nc2ccccc2)c1. The molecular formula is C52H47ClN4O14. The molecule has 18 nitrogen and oxygen atoms in total. The van der Waals surface area contributed by atoms with Crippen LogP contribution in [0.5, 0.6) is 17.2 Å². The van der Waals surface area contributed by atoms with E-state index in [2.05, 4.69) is 10.6 Å². The maximum atomic E-state index is 13.7. The minimum absolute atomic E-state index is 0.0253. The molecule has 6 amide bonds. The Balaban J connectivity index is 0.779. The molecule has 1 fully saturated rings. The first kappa shape index (κ1) is 49.5. The zero-order valence-corrected chi connectivity index (χ0v) is 39.0. The summed E-state index contributed by atoms with van der Waals surface area (Å²) in [5.74, 6) is -2.40. The van der Waals surface area contributed by atoms with Gasteiger partial charge in [-0.05, 0) is 85.6 Å². The Bertz CT molecular complexity index is 3090. The van der Waals surface area contributed by atoms with Gasteiger partial charge in [0.1, 0.15) is 47.8 Å². The van der Waals surface area contributed by atoms with Crippen LogP contribution in [0.3, 0.4) is 0 Å². The zero-order chi connectivity index (χ0) is 50.0. The number of anilines is 1. The van der Waals surface area contributed by atoms with Crippen LogP contribution in [0, 0.1) is 0 Å². The van der Waals surface area contributed by atoms with Gasteiger partial charge in [0.2, 0.25) is 17.7 Å². The summed E-state index contributed by atoms with van der Waals surface area (Å²) in [6.45, 7) is 3.96. The number of rotatable bonds is 22. The Morgan fingerprint density at radius 3 is 2.11 bits per heavy atom. The number of amides is 6. The molecule has 0 spiro atoms. The predicted molar refractivity (Wildman–Crippen MR) is 259 cm³/mol. The Morgan fingerprint density at radius 1 is 0.718 bits per heavy atom. The van der Waals surface area contributed by atoms with Crippen molar-refractivity contribution >= 4 is 63.7 Å². The molecule has 19 heteroatoms. The van der Waals surface area contributed by atoms with Crippen molar-refractivity contribution < 1.29 is 61.6 Å². The van der Waals surface area contributed by atoms with Crippen LogP contribution in [0.4, 0.5) is 5.69 Å². The molecule has 3 heterocycles. The molecule has 0 aliphatic carbocycles. The van der Waals surface area contributed by atoms with Crippen LogP contribution in [0.15, 0.2) is 112 Å². The molecule has 2 aliphatic rings. The molecule has 4 N–H and O–H groups in total. The van der Waals surface area contributed by atoms with Gasteiger partial charge in [-0.1, -0.05) is 35.9 Å². The highest BCUT2D eigenvalue weighted by Gasteiger charge is 2.46. The summed E-state index contributed by atoms with van der Waals surface area (Å²) in [4.78, 5) is 90.4. The fraction of sp³-hybridized carbons (Fsp3) is 0.250. The van der Waals surface area contributed by atoms with Crippen molar-refractivity contribution in [2.75, 3.05) is 64.8 Å². The van der Waals surface area contributed by atoms with Gasteiger partial charge < -0.3 is 43.9 Å². The van der Waals surface area contributed by atoms with Crippen LogP contribution >= 0.6 is 11.6 Å². The van der Waals surface area contributed by atoms with E-state index >= 15 is 0 Å². The smallest absolute Gasteiger partial charge is 0.266 e. The molecule has 0 radical (unpaired) electrons. The molecular weight excluding hydrogens is 940 g/mol. The third-order valence-electron chi connectivity index (χ3n) is 11.3. The topological polar surface area (TPSA) is 241 Å². The molecule has 8 rings (SSSR count). The van der Waals surface area contributed by atoms with E-state index in [1.807, 2.05) is 6.07 Å².